The van der Waals surface area contributed by atoms with Crippen molar-refractivity contribution in [1.29, 1.82) is 0 Å². The Morgan fingerprint density at radius 3 is 2.76 bits per heavy atom. The fraction of sp³-hybridized carbons (Fsp3) is 0.304. The highest BCUT2D eigenvalue weighted by Gasteiger charge is 2.27. The number of nitrogens with zero attached hydrogens (tertiary/aromatic N) is 3. The quantitative estimate of drug-likeness (QED) is 0.604. The molecule has 0 bridgehead atoms. The van der Waals surface area contributed by atoms with Crippen LogP contribution in [0.15, 0.2) is 59.5 Å². The van der Waals surface area contributed by atoms with Gasteiger partial charge in [-0.2, -0.15) is 5.10 Å². The van der Waals surface area contributed by atoms with Gasteiger partial charge in [-0.25, -0.2) is 0 Å². The third-order valence-electron chi connectivity index (χ3n) is 5.17. The van der Waals surface area contributed by atoms with Gasteiger partial charge in [-0.05, 0) is 31.6 Å². The largest absolute Gasteiger partial charge is 0.351 e. The van der Waals surface area contributed by atoms with E-state index in [9.17, 15) is 4.79 Å². The Hall–Kier alpha value is -2.57. The molecule has 2 aromatic carbocycles. The van der Waals surface area contributed by atoms with Crippen molar-refractivity contribution in [2.24, 2.45) is 7.05 Å². The molecule has 0 aliphatic carbocycles. The number of thioether (sulfide) groups is 1. The Morgan fingerprint density at radius 1 is 1.17 bits per heavy atom. The number of fused-ring (bicyclic) bond motifs is 3. The lowest BCUT2D eigenvalue weighted by Gasteiger charge is -2.17. The lowest BCUT2D eigenvalue weighted by Crippen LogP contribution is -2.29. The molecule has 0 saturated carbocycles. The molecule has 1 aliphatic heterocycles. The predicted molar refractivity (Wildman–Crippen MR) is 118 cm³/mol. The van der Waals surface area contributed by atoms with Gasteiger partial charge in [-0.15, -0.1) is 11.8 Å². The van der Waals surface area contributed by atoms with Crippen molar-refractivity contribution < 1.29 is 4.79 Å². The number of benzene rings is 2. The minimum Gasteiger partial charge on any atom is -0.351 e. The molecule has 0 saturated heterocycles. The van der Waals surface area contributed by atoms with Crippen molar-refractivity contribution in [3.05, 3.63) is 71.4 Å². The van der Waals surface area contributed by atoms with Crippen molar-refractivity contribution >= 4 is 17.7 Å². The summed E-state index contributed by atoms with van der Waals surface area (Å²) in [4.78, 5) is 16.3. The first-order chi connectivity index (χ1) is 14.1. The first kappa shape index (κ1) is 19.7. The van der Waals surface area contributed by atoms with Crippen LogP contribution >= 0.6 is 11.8 Å². The summed E-state index contributed by atoms with van der Waals surface area (Å²) in [6.07, 6.45) is 0.904. The molecule has 0 unspecified atom stereocenters. The van der Waals surface area contributed by atoms with E-state index in [1.807, 2.05) is 23.9 Å². The van der Waals surface area contributed by atoms with E-state index in [2.05, 4.69) is 64.8 Å². The molecular weight excluding hydrogens is 380 g/mol. The van der Waals surface area contributed by atoms with Crippen LogP contribution in [0.1, 0.15) is 28.0 Å². The van der Waals surface area contributed by atoms with Crippen LogP contribution in [0.25, 0.3) is 11.3 Å². The number of carbonyl (C=O) groups is 1. The van der Waals surface area contributed by atoms with Gasteiger partial charge in [0.25, 0.3) is 5.91 Å². The molecule has 3 aromatic rings. The van der Waals surface area contributed by atoms with Crippen LogP contribution in [0.2, 0.25) is 0 Å². The highest BCUT2D eigenvalue weighted by Crippen LogP contribution is 2.42. The molecule has 5 nitrogen and oxygen atoms in total. The van der Waals surface area contributed by atoms with E-state index in [0.717, 1.165) is 42.1 Å². The summed E-state index contributed by atoms with van der Waals surface area (Å²) >= 11 is 1.77. The Bertz CT molecular complexity index is 999. The Balaban J connectivity index is 1.33. The molecule has 0 spiro atoms. The van der Waals surface area contributed by atoms with Crippen LogP contribution in [-0.4, -0.2) is 40.7 Å². The first-order valence-corrected chi connectivity index (χ1v) is 10.9. The molecule has 1 amide bonds. The number of nitrogens with one attached hydrogen (secondary N) is 1. The van der Waals surface area contributed by atoms with Gasteiger partial charge in [0, 0.05) is 41.9 Å². The van der Waals surface area contributed by atoms with Crippen LogP contribution in [0.5, 0.6) is 0 Å². The van der Waals surface area contributed by atoms with E-state index in [-0.39, 0.29) is 5.91 Å². The van der Waals surface area contributed by atoms with Crippen molar-refractivity contribution in [2.45, 2.75) is 23.6 Å². The average molecular weight is 407 g/mol. The zero-order valence-corrected chi connectivity index (χ0v) is 17.7. The van der Waals surface area contributed by atoms with Gasteiger partial charge in [0.2, 0.25) is 0 Å². The number of aryl methyl sites for hydroxylation is 1. The lowest BCUT2D eigenvalue weighted by molar-refractivity contribution is 0.0945. The summed E-state index contributed by atoms with van der Waals surface area (Å²) in [5.74, 6) is 0.704. The second kappa shape index (κ2) is 8.84. The zero-order valence-electron chi connectivity index (χ0n) is 16.9. The fourth-order valence-corrected chi connectivity index (χ4v) is 4.84. The summed E-state index contributed by atoms with van der Waals surface area (Å²) in [5, 5.41) is 7.60. The Morgan fingerprint density at radius 2 is 1.93 bits per heavy atom. The van der Waals surface area contributed by atoms with E-state index < -0.39 is 0 Å². The molecule has 29 heavy (non-hydrogen) atoms. The minimum absolute atomic E-state index is 0.0763. The minimum atomic E-state index is -0.0763. The molecule has 150 valence electrons. The number of aromatic nitrogens is 2. The van der Waals surface area contributed by atoms with E-state index in [4.69, 9.17) is 0 Å². The number of rotatable bonds is 7. The van der Waals surface area contributed by atoms with Crippen LogP contribution in [0.3, 0.4) is 0 Å². The molecule has 1 N–H and O–H groups in total. The number of amides is 1. The van der Waals surface area contributed by atoms with Crippen LogP contribution in [0.4, 0.5) is 0 Å². The molecule has 6 heteroatoms. The van der Waals surface area contributed by atoms with Gasteiger partial charge >= 0.3 is 0 Å². The standard InChI is InChI=1S/C23H26N4OS/c1-26(15-17-9-4-3-5-10-17)14-8-13-24-23(28)21-19-16-29-20-12-7-6-11-18(20)22(19)27(2)25-21/h3-7,9-12H,8,13-16H2,1-2H3,(H,24,28). The van der Waals surface area contributed by atoms with E-state index in [0.29, 0.717) is 12.2 Å². The van der Waals surface area contributed by atoms with Gasteiger partial charge in [0.1, 0.15) is 0 Å². The number of hydrogen-bond donors (Lipinski definition) is 1. The molecule has 1 aromatic heterocycles. The molecule has 2 heterocycles. The normalized spacial score (nSPS) is 12.5. The van der Waals surface area contributed by atoms with Crippen LogP contribution in [-0.2, 0) is 19.3 Å². The van der Waals surface area contributed by atoms with Crippen LogP contribution < -0.4 is 5.32 Å². The SMILES string of the molecule is CN(CCCNC(=O)c1nn(C)c2c1CSc1ccccc1-2)Cc1ccccc1. The van der Waals surface area contributed by atoms with Gasteiger partial charge in [0.15, 0.2) is 5.69 Å². The maximum Gasteiger partial charge on any atom is 0.272 e. The second-order valence-electron chi connectivity index (χ2n) is 7.42. The van der Waals surface area contributed by atoms with Crippen LogP contribution in [0, 0.1) is 0 Å². The molecule has 0 atom stereocenters. The smallest absolute Gasteiger partial charge is 0.272 e. The van der Waals surface area contributed by atoms with E-state index in [1.165, 1.54) is 10.5 Å². The third kappa shape index (κ3) is 4.38. The Labute approximate surface area is 176 Å². The highest BCUT2D eigenvalue weighted by molar-refractivity contribution is 7.98. The third-order valence-corrected chi connectivity index (χ3v) is 6.27. The van der Waals surface area contributed by atoms with Gasteiger partial charge < -0.3 is 10.2 Å². The lowest BCUT2D eigenvalue weighted by atomic mass is 10.1. The zero-order chi connectivity index (χ0) is 20.2. The number of hydrogen-bond acceptors (Lipinski definition) is 4. The summed E-state index contributed by atoms with van der Waals surface area (Å²) in [6, 6.07) is 18.8. The first-order valence-electron chi connectivity index (χ1n) is 9.92. The molecule has 0 fully saturated rings. The van der Waals surface area contributed by atoms with Crippen molar-refractivity contribution in [1.82, 2.24) is 20.0 Å². The topological polar surface area (TPSA) is 50.2 Å². The van der Waals surface area contributed by atoms with Gasteiger partial charge in [0.05, 0.1) is 5.69 Å². The summed E-state index contributed by atoms with van der Waals surface area (Å²) < 4.78 is 1.84. The molecule has 1 aliphatic rings. The fourth-order valence-electron chi connectivity index (χ4n) is 3.77. The molecule has 0 radical (unpaired) electrons. The number of carbonyl (C=O) groups excluding carboxylic acids is 1. The summed E-state index contributed by atoms with van der Waals surface area (Å²) in [7, 11) is 4.03. The monoisotopic (exact) mass is 406 g/mol. The second-order valence-corrected chi connectivity index (χ2v) is 8.43. The van der Waals surface area contributed by atoms with Crippen molar-refractivity contribution in [3.8, 4) is 11.3 Å². The van der Waals surface area contributed by atoms with Crippen molar-refractivity contribution in [3.63, 3.8) is 0 Å². The van der Waals surface area contributed by atoms with Crippen molar-refractivity contribution in [2.75, 3.05) is 20.1 Å². The van der Waals surface area contributed by atoms with Gasteiger partial charge in [-0.1, -0.05) is 48.5 Å². The predicted octanol–water partition coefficient (Wildman–Crippen LogP) is 3.94. The van der Waals surface area contributed by atoms with Gasteiger partial charge in [-0.3, -0.25) is 9.48 Å². The highest BCUT2D eigenvalue weighted by atomic mass is 32.2. The maximum atomic E-state index is 12.8. The Kier molecular flexibility index (Phi) is 6.02. The average Bonchev–Trinajstić information content (AvgIpc) is 3.09. The summed E-state index contributed by atoms with van der Waals surface area (Å²) in [5.41, 5.74) is 5.12. The maximum absolute atomic E-state index is 12.8. The summed E-state index contributed by atoms with van der Waals surface area (Å²) in [6.45, 7) is 2.49. The molecule has 4 rings (SSSR count). The molecular formula is C23H26N4OS. The van der Waals surface area contributed by atoms with E-state index in [1.54, 1.807) is 11.8 Å². The van der Waals surface area contributed by atoms with E-state index >= 15 is 0 Å².